The third kappa shape index (κ3) is 67.3. The van der Waals surface area contributed by atoms with Crippen molar-refractivity contribution in [3.8, 4) is 0 Å². The molecule has 0 aromatic heterocycles. The molecule has 0 nitrogen and oxygen atoms in total. The first-order valence-corrected chi connectivity index (χ1v) is 604. The van der Waals surface area contributed by atoms with Crippen molar-refractivity contribution in [3.05, 3.63) is 0 Å². The summed E-state index contributed by atoms with van der Waals surface area (Å²) in [5.41, 5.74) is 0. The Labute approximate surface area is 1190 Å². The van der Waals surface area contributed by atoms with E-state index in [2.05, 4.69) is 894 Å². The van der Waals surface area contributed by atoms with Gasteiger partial charge in [-0.25, -0.2) is 0 Å². The van der Waals surface area contributed by atoms with E-state index in [1.165, 1.54) is 0 Å². The summed E-state index contributed by atoms with van der Waals surface area (Å²) in [6.45, 7) is 0. The Kier molecular flexibility index (Phi) is 172. The second kappa shape index (κ2) is 99.2. The van der Waals surface area contributed by atoms with E-state index in [0.717, 1.165) is 0 Å². The van der Waals surface area contributed by atoms with Gasteiger partial charge in [-0.3, -0.25) is 0 Å². The van der Waals surface area contributed by atoms with Crippen molar-refractivity contribution < 1.29 is 13.3 Å². The van der Waals surface area contributed by atoms with Gasteiger partial charge in [-0.1, -0.05) is 0 Å². The molecule has 0 saturated carbocycles. The molecule has 0 atom stereocenters. The van der Waals surface area contributed by atoms with Gasteiger partial charge in [0.1, 0.15) is 0 Å². The zero-order chi connectivity index (χ0) is 75.3. The van der Waals surface area contributed by atoms with Crippen LogP contribution in [0.4, 0.5) is 0 Å². The third-order valence-electron chi connectivity index (χ3n) is 3.71. The van der Waals surface area contributed by atoms with Crippen LogP contribution in [-0.2, 0) is 0 Å². The molecular weight excluding hydrogens is 12100 g/mol. The van der Waals surface area contributed by atoms with E-state index in [1.807, 2.05) is 0 Å². The Balaban J connectivity index is 5.88. The molecule has 0 rings (SSSR count). The number of hydrogen-bond donors (Lipinski definition) is 0. The summed E-state index contributed by atoms with van der Waals surface area (Å²) < 4.78 is 0. The van der Waals surface area contributed by atoms with Crippen molar-refractivity contribution in [1.82, 2.24) is 0 Å². The Morgan fingerprint density at radius 3 is 0.221 bits per heavy atom. The van der Waals surface area contributed by atoms with E-state index in [0.29, 0.717) is 13.3 Å². The third-order valence-corrected chi connectivity index (χ3v) is 7520. The predicted octanol–water partition coefficient (Wildman–Crippen LogP) is 80.3. The van der Waals surface area contributed by atoms with Crippen LogP contribution in [0.15, 0.2) is 0 Å². The molecule has 0 aromatic carbocycles. The first-order chi connectivity index (χ1) is 43.3. The summed E-state index contributed by atoms with van der Waals surface area (Å²) in [6, 6.07) is 0. The topological polar surface area (TPSA) is 0 Å². The Morgan fingerprint density at radius 2 is 0.158 bits per heavy atom. The van der Waals surface area contributed by atoms with Crippen LogP contribution in [-0.4, -0.2) is 0 Å². The standard InChI is InChI=1S/I95/c1-49-51(4)53(6)55(8)57(10)59(12)61(14)63(16)65(18)67(20)69(22)71(24)73(26)75(28)77(30)79(32)81(34)83(36)85(38)87(40)89(42)91(44)93(46)95(48)94(47)92(45)90(43)88(41)86(39)84(37)82(35)80(33)78(31)76(29)74(27)72(25)70(23)68(21)66(19)64(17)62(15)60(13)58(11)56(9)54(7)52(5)50(2)3/q-1. The van der Waals surface area contributed by atoms with Gasteiger partial charge < -0.3 is 0 Å². The molecule has 0 radical (unpaired) electrons. The zero-order valence-corrected chi connectivity index (χ0v) is 241. The molecule has 0 aliphatic rings. The van der Waals surface area contributed by atoms with Gasteiger partial charge >= 0.3 is 1270 Å². The quantitative estimate of drug-likeness (QED) is 0.0533. The van der Waals surface area contributed by atoms with Crippen LogP contribution in [0, 0.1) is 0 Å². The molecule has 666 valence electrons. The van der Waals surface area contributed by atoms with Crippen LogP contribution in [0.25, 0.3) is 0 Å². The second-order valence-electron chi connectivity index (χ2n) is 7.51. The van der Waals surface area contributed by atoms with Gasteiger partial charge in [-0.2, -0.15) is 0 Å². The van der Waals surface area contributed by atoms with E-state index >= 15 is 0 Å². The molecule has 0 aliphatic carbocycles. The second-order valence-corrected chi connectivity index (χ2v) is 2270. The maximum atomic E-state index is 3.48. The molecule has 0 aliphatic heterocycles. The van der Waals surface area contributed by atoms with Gasteiger partial charge in [0, 0.05) is 0 Å². The van der Waals surface area contributed by atoms with Gasteiger partial charge in [0.25, 0.3) is 0 Å². The average Bonchev–Trinajstić information content (AvgIpc) is 0.842. The molecule has 95 heavy (non-hydrogen) atoms. The normalized spacial score (nSPS) is 19.1. The van der Waals surface area contributed by atoms with Gasteiger partial charge in [-0.15, -0.1) is 0 Å². The fourth-order valence-corrected chi connectivity index (χ4v) is 18700. The van der Waals surface area contributed by atoms with Crippen LogP contribution in [0.5, 0.6) is 0 Å². The van der Waals surface area contributed by atoms with Crippen LogP contribution in [0.1, 0.15) is 0 Å². The zero-order valence-electron chi connectivity index (χ0n) is 35.9. The SMILES string of the molecule is I[I-]I(I)I(I)I(I)I(I)I(I)I(I)I(I)I(I)I(I)I(I)I(I)I(I)I(I)I(I)I(I)I(I)I(I)I(I)I(I)I(I)I(I)I(I)I(I)I(I)I(I)I(I)I(I)I(I)I(I)I(I)I(I)I(I)I(I)I(I)I(I)I(I)I(I)I(I)I(I)I(I)I(I)I(I)I(I)I(I)I(I)I(I)I. The molecule has 0 aromatic rings. The Hall–Kier alpha value is 69.3. The Bertz CT molecular complexity index is 1980. The van der Waals surface area contributed by atoms with Crippen molar-refractivity contribution in [2.24, 2.45) is 0 Å². The van der Waals surface area contributed by atoms with Crippen LogP contribution >= 0.6 is 1260 Å². The van der Waals surface area contributed by atoms with Crippen molar-refractivity contribution in [3.63, 3.8) is 0 Å². The maximum absolute atomic E-state index is 3.48. The van der Waals surface area contributed by atoms with Crippen molar-refractivity contribution in [1.29, 1.82) is 0 Å². The summed E-state index contributed by atoms with van der Waals surface area (Å²) in [4.78, 5) is 0. The molecular formula is I95-. The fraction of sp³-hybridized carbons (Fsp3) is 0. The van der Waals surface area contributed by atoms with E-state index in [1.54, 1.807) is 0 Å². The Morgan fingerprint density at radius 1 is 0.0947 bits per heavy atom. The fourth-order valence-electron chi connectivity index (χ4n) is 1.37. The predicted molar refractivity (Wildman–Crippen MR) is 1320 cm³/mol. The number of halogens is 95. The van der Waals surface area contributed by atoms with Crippen molar-refractivity contribution >= 4 is 1260 Å². The molecule has 0 unspecified atom stereocenters. The van der Waals surface area contributed by atoms with Crippen molar-refractivity contribution in [2.75, 3.05) is 0 Å². The van der Waals surface area contributed by atoms with Crippen LogP contribution in [0.2, 0.25) is 0 Å². The van der Waals surface area contributed by atoms with Crippen LogP contribution in [0.3, 0.4) is 0 Å². The van der Waals surface area contributed by atoms with Gasteiger partial charge in [-0.05, 0) is 0 Å². The summed E-state index contributed by atoms with van der Waals surface area (Å²) in [6.07, 6.45) is 0. The van der Waals surface area contributed by atoms with E-state index in [-0.39, 0.29) is 0 Å². The molecule has 0 bridgehead atoms. The van der Waals surface area contributed by atoms with Gasteiger partial charge in [0.2, 0.25) is 0 Å². The van der Waals surface area contributed by atoms with E-state index in [9.17, 15) is 0 Å². The monoisotopic (exact) mass is 12100 g/mol. The van der Waals surface area contributed by atoms with E-state index < -0.39 is 363 Å². The van der Waals surface area contributed by atoms with E-state index in [4.69, 9.17) is 0 Å². The molecule has 0 heterocycles. The summed E-state index contributed by atoms with van der Waals surface area (Å²) in [5, 5.41) is 0. The number of rotatable bonds is 46. The van der Waals surface area contributed by atoms with Gasteiger partial charge in [0.15, 0.2) is 0 Å². The first-order valence-electron chi connectivity index (χ1n) is 13.4. The summed E-state index contributed by atoms with van der Waals surface area (Å²) in [5.74, 6) is 0. The molecule has 0 saturated heterocycles. The van der Waals surface area contributed by atoms with Crippen LogP contribution < -0.4 is 13.3 Å². The molecule has 0 amide bonds. The average molecular weight is 12100 g/mol. The summed E-state index contributed by atoms with van der Waals surface area (Å²) >= 11 is 163. The molecule has 0 spiro atoms. The minimum absolute atomic E-state index is 0.421. The molecule has 0 fully saturated rings. The van der Waals surface area contributed by atoms with Crippen molar-refractivity contribution in [2.45, 2.75) is 0 Å². The number of hydrogen-bond acceptors (Lipinski definition) is 0. The molecule has 95 heteroatoms. The van der Waals surface area contributed by atoms with Gasteiger partial charge in [0.05, 0.1) is 0 Å². The first kappa shape index (κ1) is 164. The summed E-state index contributed by atoms with van der Waals surface area (Å²) in [7, 11) is -27.8. The minimum atomic E-state index is -0.655. The molecule has 0 N–H and O–H groups in total.